The number of rotatable bonds is 1. The summed E-state index contributed by atoms with van der Waals surface area (Å²) in [5.41, 5.74) is 0.684. The number of carbonyl (C=O) groups excluding carboxylic acids is 1. The first-order chi connectivity index (χ1) is 6.97. The first-order valence-electron chi connectivity index (χ1n) is 4.23. The van der Waals surface area contributed by atoms with Crippen LogP contribution in [0.2, 0.25) is 0 Å². The van der Waals surface area contributed by atoms with Crippen LogP contribution in [0, 0.1) is 0 Å². The maximum atomic E-state index is 11.3. The van der Waals surface area contributed by atoms with Gasteiger partial charge in [0.2, 0.25) is 5.91 Å². The summed E-state index contributed by atoms with van der Waals surface area (Å²) in [7, 11) is -3.18. The second-order valence-corrected chi connectivity index (χ2v) is 6.30. The fraction of sp³-hybridized carbons (Fsp3) is 0.222. The summed E-state index contributed by atoms with van der Waals surface area (Å²) in [6, 6.07) is 4.71. The Morgan fingerprint density at radius 3 is 2.80 bits per heavy atom. The quantitative estimate of drug-likeness (QED) is 0.803. The molecule has 1 aromatic rings. The third-order valence-corrected chi connectivity index (χ3v) is 4.18. The Balaban J connectivity index is 2.48. The Morgan fingerprint density at radius 2 is 2.13 bits per heavy atom. The second-order valence-electron chi connectivity index (χ2n) is 3.27. The summed E-state index contributed by atoms with van der Waals surface area (Å²) in [5.74, 6) is 0.278. The number of anilines is 1. The first-order valence-corrected chi connectivity index (χ1v) is 7.11. The van der Waals surface area contributed by atoms with E-state index >= 15 is 0 Å². The number of hydrogen-bond donors (Lipinski definition) is 1. The van der Waals surface area contributed by atoms with Crippen LogP contribution in [0.25, 0.3) is 0 Å². The van der Waals surface area contributed by atoms with Gasteiger partial charge >= 0.3 is 0 Å². The lowest BCUT2D eigenvalue weighted by molar-refractivity contribution is -0.113. The summed E-state index contributed by atoms with van der Waals surface area (Å²) < 4.78 is 22.6. The molecule has 0 atom stereocenters. The van der Waals surface area contributed by atoms with E-state index in [0.29, 0.717) is 11.4 Å². The van der Waals surface area contributed by atoms with Crippen molar-refractivity contribution in [1.29, 1.82) is 0 Å². The molecule has 0 aromatic heterocycles. The van der Waals surface area contributed by atoms with Gasteiger partial charge in [-0.1, -0.05) is 0 Å². The highest BCUT2D eigenvalue weighted by atomic mass is 32.2. The molecule has 1 heterocycles. The summed E-state index contributed by atoms with van der Waals surface area (Å²) in [4.78, 5) is 12.1. The Morgan fingerprint density at radius 1 is 1.40 bits per heavy atom. The minimum absolute atomic E-state index is 0.0559. The van der Waals surface area contributed by atoms with E-state index < -0.39 is 9.84 Å². The van der Waals surface area contributed by atoms with E-state index in [4.69, 9.17) is 0 Å². The summed E-state index contributed by atoms with van der Waals surface area (Å²) in [5, 5.41) is 2.68. The standard InChI is InChI=1S/C9H9NO3S2/c1-15(12,13)6-2-3-7-8(4-6)14-5-9(11)10-7/h2-4H,5H2,1H3,(H,10,11). The smallest absolute Gasteiger partial charge is 0.234 e. The van der Waals surface area contributed by atoms with Crippen molar-refractivity contribution >= 4 is 33.2 Å². The topological polar surface area (TPSA) is 63.2 Å². The zero-order valence-corrected chi connectivity index (χ0v) is 9.61. The lowest BCUT2D eigenvalue weighted by Crippen LogP contribution is -2.18. The molecular weight excluding hydrogens is 234 g/mol. The van der Waals surface area contributed by atoms with Crippen LogP contribution in [0.4, 0.5) is 5.69 Å². The Bertz CT molecular complexity index is 522. The minimum atomic E-state index is -3.18. The molecule has 4 nitrogen and oxygen atoms in total. The zero-order chi connectivity index (χ0) is 11.1. The van der Waals surface area contributed by atoms with Crippen molar-refractivity contribution < 1.29 is 13.2 Å². The van der Waals surface area contributed by atoms with Crippen LogP contribution in [0.5, 0.6) is 0 Å². The first kappa shape index (κ1) is 10.5. The molecule has 0 saturated heterocycles. The predicted molar refractivity (Wildman–Crippen MR) is 58.9 cm³/mol. The van der Waals surface area contributed by atoms with Crippen LogP contribution < -0.4 is 5.32 Å². The van der Waals surface area contributed by atoms with E-state index in [1.54, 1.807) is 12.1 Å². The highest BCUT2D eigenvalue weighted by Gasteiger charge is 2.17. The Labute approximate surface area is 92.0 Å². The molecule has 1 aromatic carbocycles. The van der Waals surface area contributed by atoms with Gasteiger partial charge < -0.3 is 5.32 Å². The van der Waals surface area contributed by atoms with Crippen molar-refractivity contribution in [2.24, 2.45) is 0 Å². The zero-order valence-electron chi connectivity index (χ0n) is 7.98. The number of thioether (sulfide) groups is 1. The van der Waals surface area contributed by atoms with Gasteiger partial charge in [-0.15, -0.1) is 11.8 Å². The third-order valence-electron chi connectivity index (χ3n) is 2.01. The normalized spacial score (nSPS) is 15.7. The third kappa shape index (κ3) is 2.15. The molecule has 1 amide bonds. The van der Waals surface area contributed by atoms with Crippen molar-refractivity contribution in [2.75, 3.05) is 17.3 Å². The molecule has 0 bridgehead atoms. The SMILES string of the molecule is CS(=O)(=O)c1ccc2c(c1)SCC(=O)N2. The van der Waals surface area contributed by atoms with E-state index in [0.717, 1.165) is 4.90 Å². The van der Waals surface area contributed by atoms with E-state index in [9.17, 15) is 13.2 Å². The molecule has 2 rings (SSSR count). The average molecular weight is 243 g/mol. The van der Waals surface area contributed by atoms with E-state index in [-0.39, 0.29) is 10.8 Å². The maximum absolute atomic E-state index is 11.3. The van der Waals surface area contributed by atoms with Crippen LogP contribution in [0.3, 0.4) is 0 Å². The van der Waals surface area contributed by atoms with Gasteiger partial charge in [0, 0.05) is 11.2 Å². The monoisotopic (exact) mass is 243 g/mol. The Hall–Kier alpha value is -1.01. The molecule has 0 fully saturated rings. The van der Waals surface area contributed by atoms with Crippen molar-refractivity contribution in [3.05, 3.63) is 18.2 Å². The van der Waals surface area contributed by atoms with Gasteiger partial charge in [0.05, 0.1) is 16.3 Å². The highest BCUT2D eigenvalue weighted by molar-refractivity contribution is 8.00. The molecule has 0 saturated carbocycles. The van der Waals surface area contributed by atoms with E-state index in [2.05, 4.69) is 5.32 Å². The van der Waals surface area contributed by atoms with Gasteiger partial charge in [-0.25, -0.2) is 8.42 Å². The van der Waals surface area contributed by atoms with Crippen molar-refractivity contribution in [3.63, 3.8) is 0 Å². The molecule has 1 aliphatic rings. The number of fused-ring (bicyclic) bond motifs is 1. The van der Waals surface area contributed by atoms with Gasteiger partial charge in [0.15, 0.2) is 9.84 Å². The molecule has 1 aliphatic heterocycles. The van der Waals surface area contributed by atoms with Crippen LogP contribution in [0.1, 0.15) is 0 Å². The van der Waals surface area contributed by atoms with E-state index in [1.165, 1.54) is 24.1 Å². The van der Waals surface area contributed by atoms with Crippen LogP contribution in [0.15, 0.2) is 28.0 Å². The average Bonchev–Trinajstić information content (AvgIpc) is 2.15. The minimum Gasteiger partial charge on any atom is -0.324 e. The molecule has 0 aliphatic carbocycles. The maximum Gasteiger partial charge on any atom is 0.234 e. The van der Waals surface area contributed by atoms with Gasteiger partial charge in [-0.3, -0.25) is 4.79 Å². The molecule has 0 unspecified atom stereocenters. The van der Waals surface area contributed by atoms with Crippen LogP contribution in [-0.2, 0) is 14.6 Å². The van der Waals surface area contributed by atoms with Gasteiger partial charge in [0.1, 0.15) is 0 Å². The van der Waals surface area contributed by atoms with E-state index in [1.807, 2.05) is 0 Å². The van der Waals surface area contributed by atoms with Gasteiger partial charge in [0.25, 0.3) is 0 Å². The predicted octanol–water partition coefficient (Wildman–Crippen LogP) is 1.13. The lowest BCUT2D eigenvalue weighted by Gasteiger charge is -2.16. The summed E-state index contributed by atoms with van der Waals surface area (Å²) in [6.45, 7) is 0. The molecule has 1 N–H and O–H groups in total. The van der Waals surface area contributed by atoms with Crippen molar-refractivity contribution in [2.45, 2.75) is 9.79 Å². The fourth-order valence-electron chi connectivity index (χ4n) is 1.29. The number of hydrogen-bond acceptors (Lipinski definition) is 4. The number of carbonyl (C=O) groups is 1. The number of sulfone groups is 1. The Kier molecular flexibility index (Phi) is 2.47. The summed E-state index contributed by atoms with van der Waals surface area (Å²) in [6.07, 6.45) is 1.17. The fourth-order valence-corrected chi connectivity index (χ4v) is 2.85. The second kappa shape index (κ2) is 3.53. The number of nitrogens with one attached hydrogen (secondary N) is 1. The van der Waals surface area contributed by atoms with Gasteiger partial charge in [-0.2, -0.15) is 0 Å². The molecule has 6 heteroatoms. The summed E-state index contributed by atoms with van der Waals surface area (Å²) >= 11 is 1.35. The van der Waals surface area contributed by atoms with Gasteiger partial charge in [-0.05, 0) is 18.2 Å². The lowest BCUT2D eigenvalue weighted by atomic mass is 10.3. The number of benzene rings is 1. The molecule has 80 valence electrons. The molecule has 15 heavy (non-hydrogen) atoms. The molecule has 0 spiro atoms. The highest BCUT2D eigenvalue weighted by Crippen LogP contribution is 2.33. The van der Waals surface area contributed by atoms with Crippen LogP contribution in [-0.4, -0.2) is 26.3 Å². The van der Waals surface area contributed by atoms with Crippen molar-refractivity contribution in [3.8, 4) is 0 Å². The number of amides is 1. The van der Waals surface area contributed by atoms with Crippen molar-refractivity contribution in [1.82, 2.24) is 0 Å². The molecule has 0 radical (unpaired) electrons. The van der Waals surface area contributed by atoms with Crippen LogP contribution >= 0.6 is 11.8 Å². The largest absolute Gasteiger partial charge is 0.324 e. The molecular formula is C9H9NO3S2.